The topological polar surface area (TPSA) is 69.7 Å². The van der Waals surface area contributed by atoms with Crippen LogP contribution >= 0.6 is 0 Å². The van der Waals surface area contributed by atoms with Gasteiger partial charge in [0.05, 0.1) is 5.92 Å². The summed E-state index contributed by atoms with van der Waals surface area (Å²) in [6, 6.07) is 5.45. The van der Waals surface area contributed by atoms with E-state index in [1.54, 1.807) is 9.80 Å². The van der Waals surface area contributed by atoms with Crippen LogP contribution in [-0.4, -0.2) is 60.2 Å². The SMILES string of the molecule is O=C1CC(C(=O)N2CCN(C(=O)c3ccc(F)cc3)CC2)CN1. The zero-order chi connectivity index (χ0) is 16.4. The average molecular weight is 319 g/mol. The molecule has 1 N–H and O–H groups in total. The molecule has 2 saturated heterocycles. The summed E-state index contributed by atoms with van der Waals surface area (Å²) in [6.07, 6.45) is 0.244. The second-order valence-corrected chi connectivity index (χ2v) is 5.83. The van der Waals surface area contributed by atoms with Gasteiger partial charge in [-0.15, -0.1) is 0 Å². The third-order valence-corrected chi connectivity index (χ3v) is 4.30. The van der Waals surface area contributed by atoms with Crippen molar-refractivity contribution in [3.63, 3.8) is 0 Å². The number of nitrogens with zero attached hydrogens (tertiary/aromatic N) is 2. The number of nitrogens with one attached hydrogen (secondary N) is 1. The van der Waals surface area contributed by atoms with E-state index in [4.69, 9.17) is 0 Å². The molecule has 0 bridgehead atoms. The van der Waals surface area contributed by atoms with Crippen molar-refractivity contribution >= 4 is 17.7 Å². The minimum atomic E-state index is -0.378. The maximum Gasteiger partial charge on any atom is 0.253 e. The minimum absolute atomic E-state index is 0.0303. The highest BCUT2D eigenvalue weighted by atomic mass is 19.1. The van der Waals surface area contributed by atoms with Crippen molar-refractivity contribution in [2.24, 2.45) is 5.92 Å². The Labute approximate surface area is 133 Å². The van der Waals surface area contributed by atoms with E-state index >= 15 is 0 Å². The van der Waals surface area contributed by atoms with Gasteiger partial charge >= 0.3 is 0 Å². The molecule has 1 unspecified atom stereocenters. The monoisotopic (exact) mass is 319 g/mol. The summed E-state index contributed by atoms with van der Waals surface area (Å²) in [6.45, 7) is 2.19. The van der Waals surface area contributed by atoms with E-state index in [0.717, 1.165) is 0 Å². The number of rotatable bonds is 2. The molecule has 23 heavy (non-hydrogen) atoms. The van der Waals surface area contributed by atoms with Crippen LogP contribution in [0.15, 0.2) is 24.3 Å². The normalized spacial score (nSPS) is 21.3. The van der Waals surface area contributed by atoms with Gasteiger partial charge in [-0.2, -0.15) is 0 Å². The summed E-state index contributed by atoms with van der Waals surface area (Å²) >= 11 is 0. The van der Waals surface area contributed by atoms with E-state index in [1.807, 2.05) is 0 Å². The molecule has 2 fully saturated rings. The van der Waals surface area contributed by atoms with Crippen molar-refractivity contribution in [3.8, 4) is 0 Å². The maximum absolute atomic E-state index is 12.9. The van der Waals surface area contributed by atoms with Crippen molar-refractivity contribution in [2.75, 3.05) is 32.7 Å². The van der Waals surface area contributed by atoms with E-state index in [9.17, 15) is 18.8 Å². The summed E-state index contributed by atoms with van der Waals surface area (Å²) < 4.78 is 12.9. The van der Waals surface area contributed by atoms with E-state index in [2.05, 4.69) is 5.32 Å². The Kier molecular flexibility index (Phi) is 4.27. The van der Waals surface area contributed by atoms with Crippen LogP contribution in [0.3, 0.4) is 0 Å². The van der Waals surface area contributed by atoms with Gasteiger partial charge in [0.25, 0.3) is 5.91 Å². The Bertz CT molecular complexity index is 624. The lowest BCUT2D eigenvalue weighted by Crippen LogP contribution is -2.52. The Hall–Kier alpha value is -2.44. The van der Waals surface area contributed by atoms with E-state index in [-0.39, 0.29) is 35.9 Å². The van der Waals surface area contributed by atoms with Gasteiger partial charge in [-0.05, 0) is 24.3 Å². The summed E-state index contributed by atoms with van der Waals surface area (Å²) in [4.78, 5) is 39.2. The molecule has 0 radical (unpaired) electrons. The Morgan fingerprint density at radius 3 is 2.22 bits per heavy atom. The number of carbonyl (C=O) groups is 3. The van der Waals surface area contributed by atoms with Gasteiger partial charge in [-0.1, -0.05) is 0 Å². The molecule has 2 heterocycles. The van der Waals surface area contributed by atoms with Gasteiger partial charge in [0, 0.05) is 44.7 Å². The highest BCUT2D eigenvalue weighted by molar-refractivity contribution is 5.94. The molecule has 2 aliphatic rings. The summed E-state index contributed by atoms with van der Waals surface area (Å²) in [5.41, 5.74) is 0.441. The lowest BCUT2D eigenvalue weighted by molar-refractivity contribution is -0.137. The molecule has 3 rings (SSSR count). The lowest BCUT2D eigenvalue weighted by Gasteiger charge is -2.35. The number of carbonyl (C=O) groups excluding carboxylic acids is 3. The maximum atomic E-state index is 12.9. The van der Waals surface area contributed by atoms with Crippen molar-refractivity contribution in [3.05, 3.63) is 35.6 Å². The summed E-state index contributed by atoms with van der Waals surface area (Å²) in [5.74, 6) is -0.945. The number of hydrogen-bond donors (Lipinski definition) is 1. The van der Waals surface area contributed by atoms with E-state index in [1.165, 1.54) is 24.3 Å². The second-order valence-electron chi connectivity index (χ2n) is 5.83. The quantitative estimate of drug-likeness (QED) is 0.849. The van der Waals surface area contributed by atoms with Crippen LogP contribution in [0.25, 0.3) is 0 Å². The Balaban J connectivity index is 1.55. The largest absolute Gasteiger partial charge is 0.355 e. The molecule has 0 saturated carbocycles. The van der Waals surface area contributed by atoms with Crippen LogP contribution in [0, 0.1) is 11.7 Å². The number of hydrogen-bond acceptors (Lipinski definition) is 3. The van der Waals surface area contributed by atoms with Gasteiger partial charge in [-0.25, -0.2) is 4.39 Å². The van der Waals surface area contributed by atoms with Crippen LogP contribution in [-0.2, 0) is 9.59 Å². The standard InChI is InChI=1S/C16H18FN3O3/c17-13-3-1-11(2-4-13)15(22)19-5-7-20(8-6-19)16(23)12-9-14(21)18-10-12/h1-4,12H,5-10H2,(H,18,21). The predicted octanol–water partition coefficient (Wildman–Crippen LogP) is 0.246. The molecule has 2 aliphatic heterocycles. The first kappa shape index (κ1) is 15.5. The Morgan fingerprint density at radius 1 is 1.04 bits per heavy atom. The lowest BCUT2D eigenvalue weighted by atomic mass is 10.1. The summed E-state index contributed by atoms with van der Waals surface area (Å²) in [5, 5.41) is 2.66. The van der Waals surface area contributed by atoms with Gasteiger partial charge in [0.1, 0.15) is 5.82 Å². The number of amides is 3. The predicted molar refractivity (Wildman–Crippen MR) is 80.0 cm³/mol. The molecular weight excluding hydrogens is 301 g/mol. The third-order valence-electron chi connectivity index (χ3n) is 4.30. The second kappa shape index (κ2) is 6.36. The van der Waals surface area contributed by atoms with Crippen molar-refractivity contribution in [1.82, 2.24) is 15.1 Å². The molecule has 122 valence electrons. The molecule has 1 atom stereocenters. The highest BCUT2D eigenvalue weighted by Crippen LogP contribution is 2.16. The Morgan fingerprint density at radius 2 is 1.65 bits per heavy atom. The first-order valence-electron chi connectivity index (χ1n) is 7.65. The molecule has 3 amide bonds. The molecule has 1 aromatic rings. The highest BCUT2D eigenvalue weighted by Gasteiger charge is 2.33. The van der Waals surface area contributed by atoms with Crippen LogP contribution in [0.1, 0.15) is 16.8 Å². The van der Waals surface area contributed by atoms with Gasteiger partial charge in [0.2, 0.25) is 11.8 Å². The molecule has 0 aliphatic carbocycles. The fourth-order valence-corrected chi connectivity index (χ4v) is 2.94. The average Bonchev–Trinajstić information content (AvgIpc) is 3.01. The molecular formula is C16H18FN3O3. The van der Waals surface area contributed by atoms with Crippen molar-refractivity contribution in [2.45, 2.75) is 6.42 Å². The number of halogens is 1. The van der Waals surface area contributed by atoms with Crippen molar-refractivity contribution in [1.29, 1.82) is 0 Å². The molecule has 0 spiro atoms. The van der Waals surface area contributed by atoms with Crippen molar-refractivity contribution < 1.29 is 18.8 Å². The fraction of sp³-hybridized carbons (Fsp3) is 0.438. The third kappa shape index (κ3) is 3.33. The van der Waals surface area contributed by atoms with E-state index < -0.39 is 0 Å². The minimum Gasteiger partial charge on any atom is -0.355 e. The van der Waals surface area contributed by atoms with Crippen LogP contribution in [0.2, 0.25) is 0 Å². The number of piperazine rings is 1. The summed E-state index contributed by atoms with van der Waals surface area (Å²) in [7, 11) is 0. The van der Waals surface area contributed by atoms with Gasteiger partial charge in [-0.3, -0.25) is 14.4 Å². The van der Waals surface area contributed by atoms with Crippen LogP contribution < -0.4 is 5.32 Å². The first-order chi connectivity index (χ1) is 11.0. The smallest absolute Gasteiger partial charge is 0.253 e. The zero-order valence-electron chi connectivity index (χ0n) is 12.6. The zero-order valence-corrected chi connectivity index (χ0v) is 12.6. The molecule has 7 heteroatoms. The van der Waals surface area contributed by atoms with E-state index in [0.29, 0.717) is 38.3 Å². The van der Waals surface area contributed by atoms with Gasteiger partial charge in [0.15, 0.2) is 0 Å². The van der Waals surface area contributed by atoms with Crippen LogP contribution in [0.5, 0.6) is 0 Å². The molecule has 6 nitrogen and oxygen atoms in total. The first-order valence-corrected chi connectivity index (χ1v) is 7.65. The number of benzene rings is 1. The molecule has 1 aromatic carbocycles. The fourth-order valence-electron chi connectivity index (χ4n) is 2.94. The van der Waals surface area contributed by atoms with Crippen LogP contribution in [0.4, 0.5) is 4.39 Å². The van der Waals surface area contributed by atoms with Gasteiger partial charge < -0.3 is 15.1 Å². The molecule has 0 aromatic heterocycles.